The summed E-state index contributed by atoms with van der Waals surface area (Å²) in [6, 6.07) is 19.8. The molecule has 2 aromatic carbocycles. The van der Waals surface area contributed by atoms with Gasteiger partial charge in [-0.2, -0.15) is 0 Å². The minimum atomic E-state index is -0.241. The van der Waals surface area contributed by atoms with E-state index in [1.165, 1.54) is 27.8 Å². The van der Waals surface area contributed by atoms with Gasteiger partial charge in [0.2, 0.25) is 0 Å². The van der Waals surface area contributed by atoms with Gasteiger partial charge in [0.1, 0.15) is 11.4 Å². The number of allylic oxidation sites excluding steroid dienone is 1. The van der Waals surface area contributed by atoms with Crippen LogP contribution in [-0.4, -0.2) is 16.0 Å². The molecule has 0 N–H and O–H groups in total. The summed E-state index contributed by atoms with van der Waals surface area (Å²) in [4.78, 5) is 2.66. The Labute approximate surface area is 174 Å². The summed E-state index contributed by atoms with van der Waals surface area (Å²) >= 11 is 0. The molecule has 3 atom stereocenters. The van der Waals surface area contributed by atoms with Crippen molar-refractivity contribution >= 4 is 0 Å². The molecule has 0 spiro atoms. The predicted molar refractivity (Wildman–Crippen MR) is 118 cm³/mol. The standard InChI is InChI=1S/C27H31NO/c1-18-15-27(5,28-16-21-13-9-10-14-22(21)17-28)19(2)23-24(20-11-7-6-8-12-20)26(3,4)29-25(18)23/h6-15,19,24H,16-17H2,1-5H3. The molecule has 2 heterocycles. The van der Waals surface area contributed by atoms with E-state index in [1.807, 2.05) is 0 Å². The van der Waals surface area contributed by atoms with Crippen molar-refractivity contribution in [2.45, 2.75) is 64.8 Å². The highest BCUT2D eigenvalue weighted by atomic mass is 16.5. The molecular formula is C27H31NO. The summed E-state index contributed by atoms with van der Waals surface area (Å²) in [6.45, 7) is 13.6. The Kier molecular flexibility index (Phi) is 4.08. The van der Waals surface area contributed by atoms with Crippen molar-refractivity contribution in [3.8, 4) is 0 Å². The van der Waals surface area contributed by atoms with Crippen LogP contribution < -0.4 is 0 Å². The molecule has 5 rings (SSSR count). The lowest BCUT2D eigenvalue weighted by Gasteiger charge is -2.45. The van der Waals surface area contributed by atoms with Crippen molar-refractivity contribution in [3.05, 3.63) is 94.3 Å². The minimum absolute atomic E-state index is 0.0290. The molecule has 2 aliphatic heterocycles. The molecule has 0 aromatic heterocycles. The second kappa shape index (κ2) is 6.34. The van der Waals surface area contributed by atoms with Gasteiger partial charge in [0.05, 0.1) is 0 Å². The molecule has 2 heteroatoms. The van der Waals surface area contributed by atoms with Crippen molar-refractivity contribution in [2.75, 3.05) is 0 Å². The molecule has 0 bridgehead atoms. The Morgan fingerprint density at radius 3 is 2.10 bits per heavy atom. The van der Waals surface area contributed by atoms with Crippen LogP contribution in [0.1, 0.15) is 57.2 Å². The molecule has 29 heavy (non-hydrogen) atoms. The van der Waals surface area contributed by atoms with E-state index in [1.54, 1.807) is 0 Å². The summed E-state index contributed by atoms with van der Waals surface area (Å²) < 4.78 is 6.61. The smallest absolute Gasteiger partial charge is 0.123 e. The van der Waals surface area contributed by atoms with Gasteiger partial charge in [0.15, 0.2) is 0 Å². The topological polar surface area (TPSA) is 12.5 Å². The molecule has 0 amide bonds. The predicted octanol–water partition coefficient (Wildman–Crippen LogP) is 6.20. The summed E-state index contributed by atoms with van der Waals surface area (Å²) in [5.74, 6) is 1.79. The van der Waals surface area contributed by atoms with Gasteiger partial charge in [-0.15, -0.1) is 0 Å². The molecular weight excluding hydrogens is 354 g/mol. The fourth-order valence-electron chi connectivity index (χ4n) is 5.85. The molecule has 2 nitrogen and oxygen atoms in total. The monoisotopic (exact) mass is 385 g/mol. The first-order valence-corrected chi connectivity index (χ1v) is 10.8. The quantitative estimate of drug-likeness (QED) is 0.610. The Hall–Kier alpha value is -2.32. The van der Waals surface area contributed by atoms with Crippen LogP contribution in [0.15, 0.2) is 77.6 Å². The van der Waals surface area contributed by atoms with Crippen LogP contribution >= 0.6 is 0 Å². The third-order valence-electron chi connectivity index (χ3n) is 7.50. The zero-order chi connectivity index (χ0) is 20.4. The van der Waals surface area contributed by atoms with Crippen LogP contribution in [-0.2, 0) is 17.8 Å². The van der Waals surface area contributed by atoms with Crippen molar-refractivity contribution in [2.24, 2.45) is 5.92 Å². The highest BCUT2D eigenvalue weighted by Gasteiger charge is 2.53. The van der Waals surface area contributed by atoms with E-state index >= 15 is 0 Å². The Morgan fingerprint density at radius 1 is 0.897 bits per heavy atom. The van der Waals surface area contributed by atoms with Crippen LogP contribution in [0.5, 0.6) is 0 Å². The fraction of sp³-hybridized carbons (Fsp3) is 0.407. The van der Waals surface area contributed by atoms with E-state index in [0.717, 1.165) is 18.8 Å². The van der Waals surface area contributed by atoms with E-state index in [4.69, 9.17) is 4.74 Å². The molecule has 0 saturated carbocycles. The maximum absolute atomic E-state index is 6.61. The molecule has 0 fully saturated rings. The molecule has 1 aliphatic carbocycles. The second-order valence-corrected chi connectivity index (χ2v) is 9.73. The van der Waals surface area contributed by atoms with Gasteiger partial charge < -0.3 is 4.74 Å². The van der Waals surface area contributed by atoms with Crippen molar-refractivity contribution in [1.82, 2.24) is 4.90 Å². The van der Waals surface area contributed by atoms with Crippen molar-refractivity contribution in [3.63, 3.8) is 0 Å². The fourth-order valence-corrected chi connectivity index (χ4v) is 5.85. The first-order chi connectivity index (χ1) is 13.8. The molecule has 0 saturated heterocycles. The summed E-state index contributed by atoms with van der Waals surface area (Å²) in [6.07, 6.45) is 2.46. The van der Waals surface area contributed by atoms with Crippen LogP contribution in [0.2, 0.25) is 0 Å². The molecule has 3 unspecified atom stereocenters. The van der Waals surface area contributed by atoms with Gasteiger partial charge in [-0.3, -0.25) is 4.90 Å². The number of rotatable bonds is 2. The van der Waals surface area contributed by atoms with E-state index in [2.05, 4.69) is 100 Å². The maximum atomic E-state index is 6.61. The first-order valence-electron chi connectivity index (χ1n) is 10.8. The number of hydrogen-bond acceptors (Lipinski definition) is 2. The van der Waals surface area contributed by atoms with Crippen molar-refractivity contribution < 1.29 is 4.74 Å². The SMILES string of the molecule is CC1=CC(C)(N2Cc3ccccc3C2)C(C)C2=C1OC(C)(C)C2c1ccccc1. The zero-order valence-corrected chi connectivity index (χ0v) is 18.2. The van der Waals surface area contributed by atoms with Gasteiger partial charge in [0.25, 0.3) is 0 Å². The summed E-state index contributed by atoms with van der Waals surface area (Å²) in [5, 5.41) is 0. The minimum Gasteiger partial charge on any atom is -0.487 e. The Bertz CT molecular complexity index is 991. The van der Waals surface area contributed by atoms with Crippen LogP contribution in [0.4, 0.5) is 0 Å². The van der Waals surface area contributed by atoms with Gasteiger partial charge in [0, 0.05) is 30.5 Å². The van der Waals surface area contributed by atoms with Gasteiger partial charge >= 0.3 is 0 Å². The number of fused-ring (bicyclic) bond motifs is 1. The van der Waals surface area contributed by atoms with E-state index in [9.17, 15) is 0 Å². The molecule has 3 aliphatic rings. The highest BCUT2D eigenvalue weighted by molar-refractivity contribution is 5.50. The number of benzene rings is 2. The Balaban J connectivity index is 1.57. The largest absolute Gasteiger partial charge is 0.487 e. The average Bonchev–Trinajstić information content (AvgIpc) is 3.26. The average molecular weight is 386 g/mol. The molecule has 2 aromatic rings. The number of nitrogens with zero attached hydrogens (tertiary/aromatic N) is 1. The third kappa shape index (κ3) is 2.73. The van der Waals surface area contributed by atoms with Gasteiger partial charge in [-0.25, -0.2) is 0 Å². The second-order valence-electron chi connectivity index (χ2n) is 9.73. The maximum Gasteiger partial charge on any atom is 0.123 e. The van der Waals surface area contributed by atoms with Crippen LogP contribution in [0.25, 0.3) is 0 Å². The summed E-state index contributed by atoms with van der Waals surface area (Å²) in [5.41, 5.74) is 6.77. The van der Waals surface area contributed by atoms with Crippen LogP contribution in [0.3, 0.4) is 0 Å². The summed E-state index contributed by atoms with van der Waals surface area (Å²) in [7, 11) is 0. The molecule has 150 valence electrons. The number of ether oxygens (including phenoxy) is 1. The van der Waals surface area contributed by atoms with Crippen molar-refractivity contribution in [1.29, 1.82) is 0 Å². The number of hydrogen-bond donors (Lipinski definition) is 0. The van der Waals surface area contributed by atoms with Gasteiger partial charge in [-0.1, -0.05) is 67.6 Å². The first kappa shape index (κ1) is 18.7. The van der Waals surface area contributed by atoms with Crippen LogP contribution in [0, 0.1) is 5.92 Å². The third-order valence-corrected chi connectivity index (χ3v) is 7.50. The van der Waals surface area contributed by atoms with E-state index in [-0.39, 0.29) is 17.1 Å². The normalized spacial score (nSPS) is 30.6. The Morgan fingerprint density at radius 2 is 1.48 bits per heavy atom. The molecule has 0 radical (unpaired) electrons. The van der Waals surface area contributed by atoms with E-state index < -0.39 is 0 Å². The lowest BCUT2D eigenvalue weighted by Crippen LogP contribution is -2.49. The van der Waals surface area contributed by atoms with Gasteiger partial charge in [-0.05, 0) is 55.5 Å². The van der Waals surface area contributed by atoms with E-state index in [0.29, 0.717) is 5.92 Å². The zero-order valence-electron chi connectivity index (χ0n) is 18.2. The lowest BCUT2D eigenvalue weighted by molar-refractivity contribution is 0.0521. The highest BCUT2D eigenvalue weighted by Crippen LogP contribution is 2.56. The lowest BCUT2D eigenvalue weighted by atomic mass is 9.67.